The summed E-state index contributed by atoms with van der Waals surface area (Å²) in [5.41, 5.74) is 2.25. The lowest BCUT2D eigenvalue weighted by molar-refractivity contribution is 0.320. The summed E-state index contributed by atoms with van der Waals surface area (Å²) in [6.45, 7) is 7.23. The maximum atomic E-state index is 5.63. The van der Waals surface area contributed by atoms with Gasteiger partial charge in [-0.2, -0.15) is 0 Å². The fourth-order valence-electron chi connectivity index (χ4n) is 1.53. The zero-order valence-corrected chi connectivity index (χ0v) is 12.7. The predicted molar refractivity (Wildman–Crippen MR) is 78.1 cm³/mol. The molecule has 0 amide bonds. The molecule has 1 aromatic carbocycles. The quantitative estimate of drug-likeness (QED) is 0.714. The molecule has 0 aliphatic carbocycles. The highest BCUT2D eigenvalue weighted by Crippen LogP contribution is 2.31. The highest BCUT2D eigenvalue weighted by molar-refractivity contribution is 9.10. The molecule has 0 spiro atoms. The number of rotatable bonds is 1. The first-order valence-corrected chi connectivity index (χ1v) is 7.20. The zero-order chi connectivity index (χ0) is 12.5. The van der Waals surface area contributed by atoms with Gasteiger partial charge in [0, 0.05) is 21.2 Å². The van der Waals surface area contributed by atoms with Gasteiger partial charge in [-0.1, -0.05) is 15.9 Å². The normalized spacial score (nSPS) is 17.8. The molecule has 4 heteroatoms. The molecule has 0 N–H and O–H groups in total. The number of ether oxygens (including phenoxy) is 1. The van der Waals surface area contributed by atoms with E-state index in [2.05, 4.69) is 47.2 Å². The number of hydrogen-bond acceptors (Lipinski definition) is 3. The van der Waals surface area contributed by atoms with Crippen LogP contribution in [0, 0.1) is 0 Å². The molecular weight excluding hydrogens is 298 g/mol. The highest BCUT2D eigenvalue weighted by atomic mass is 79.9. The van der Waals surface area contributed by atoms with Crippen LogP contribution in [0.4, 0.5) is 0 Å². The topological polar surface area (TPSA) is 21.6 Å². The summed E-state index contributed by atoms with van der Waals surface area (Å²) in [5.74, 6) is 0.938. The second-order valence-corrected chi connectivity index (χ2v) is 7.49. The van der Waals surface area contributed by atoms with Gasteiger partial charge in [0.1, 0.15) is 5.75 Å². The van der Waals surface area contributed by atoms with Crippen molar-refractivity contribution in [3.63, 3.8) is 0 Å². The molecule has 1 aromatic rings. The number of nitrogens with zero attached hydrogens (tertiary/aromatic N) is 1. The smallest absolute Gasteiger partial charge is 0.128 e. The average Bonchev–Trinajstić information content (AvgIpc) is 2.25. The van der Waals surface area contributed by atoms with Gasteiger partial charge in [0.2, 0.25) is 0 Å². The standard InChI is InChI=1S/C13H16BrNOS/c1-13(2,3)17-15-11-6-7-16-12-5-4-9(14)8-10(11)12/h4-5,8H,6-7H2,1-3H3/b15-11+. The van der Waals surface area contributed by atoms with Crippen LogP contribution in [0.25, 0.3) is 0 Å². The molecular formula is C13H16BrNOS. The third-order valence-corrected chi connectivity index (χ3v) is 3.63. The van der Waals surface area contributed by atoms with Crippen LogP contribution in [-0.4, -0.2) is 17.1 Å². The fraction of sp³-hybridized carbons (Fsp3) is 0.462. The molecule has 0 bridgehead atoms. The Morgan fingerprint density at radius 1 is 1.35 bits per heavy atom. The summed E-state index contributed by atoms with van der Waals surface area (Å²) in [7, 11) is 0. The van der Waals surface area contributed by atoms with Crippen molar-refractivity contribution >= 4 is 33.6 Å². The van der Waals surface area contributed by atoms with Crippen molar-refractivity contribution in [3.8, 4) is 5.75 Å². The molecule has 1 heterocycles. The molecule has 0 saturated heterocycles. The Hall–Kier alpha value is -0.480. The van der Waals surface area contributed by atoms with E-state index in [1.54, 1.807) is 11.9 Å². The molecule has 2 rings (SSSR count). The van der Waals surface area contributed by atoms with Crippen LogP contribution in [-0.2, 0) is 0 Å². The minimum absolute atomic E-state index is 0.150. The third-order valence-electron chi connectivity index (χ3n) is 2.28. The second-order valence-electron chi connectivity index (χ2n) is 4.98. The van der Waals surface area contributed by atoms with Crippen molar-refractivity contribution in [1.82, 2.24) is 0 Å². The van der Waals surface area contributed by atoms with E-state index < -0.39 is 0 Å². The molecule has 0 radical (unpaired) electrons. The Morgan fingerprint density at radius 2 is 2.12 bits per heavy atom. The molecule has 2 nitrogen and oxygen atoms in total. The summed E-state index contributed by atoms with van der Waals surface area (Å²) in [6, 6.07) is 6.07. The largest absolute Gasteiger partial charge is 0.492 e. The zero-order valence-electron chi connectivity index (χ0n) is 10.3. The van der Waals surface area contributed by atoms with E-state index in [0.29, 0.717) is 0 Å². The molecule has 1 aliphatic rings. The van der Waals surface area contributed by atoms with Gasteiger partial charge in [-0.25, -0.2) is 4.40 Å². The van der Waals surface area contributed by atoms with E-state index >= 15 is 0 Å². The van der Waals surface area contributed by atoms with Crippen molar-refractivity contribution in [3.05, 3.63) is 28.2 Å². The van der Waals surface area contributed by atoms with E-state index in [1.807, 2.05) is 12.1 Å². The van der Waals surface area contributed by atoms with E-state index in [9.17, 15) is 0 Å². The van der Waals surface area contributed by atoms with E-state index in [1.165, 1.54) is 0 Å². The molecule has 17 heavy (non-hydrogen) atoms. The molecule has 0 saturated carbocycles. The Balaban J connectivity index is 2.31. The van der Waals surface area contributed by atoms with Gasteiger partial charge in [0.15, 0.2) is 0 Å². The Kier molecular flexibility index (Phi) is 3.83. The van der Waals surface area contributed by atoms with Crippen LogP contribution in [0.15, 0.2) is 27.1 Å². The first kappa shape index (κ1) is 13.0. The van der Waals surface area contributed by atoms with Crippen molar-refractivity contribution in [2.75, 3.05) is 6.61 Å². The second kappa shape index (κ2) is 5.02. The maximum absolute atomic E-state index is 5.63. The summed E-state index contributed by atoms with van der Waals surface area (Å²) < 4.78 is 11.5. The average molecular weight is 314 g/mol. The van der Waals surface area contributed by atoms with Crippen molar-refractivity contribution < 1.29 is 4.74 Å². The maximum Gasteiger partial charge on any atom is 0.128 e. The summed E-state index contributed by atoms with van der Waals surface area (Å²) in [4.78, 5) is 0. The lowest BCUT2D eigenvalue weighted by Gasteiger charge is -2.21. The molecule has 1 aliphatic heterocycles. The lowest BCUT2D eigenvalue weighted by Crippen LogP contribution is -2.16. The summed E-state index contributed by atoms with van der Waals surface area (Å²) in [6.07, 6.45) is 0.881. The predicted octanol–water partition coefficient (Wildman–Crippen LogP) is 4.47. The van der Waals surface area contributed by atoms with Gasteiger partial charge < -0.3 is 4.74 Å². The van der Waals surface area contributed by atoms with E-state index in [4.69, 9.17) is 4.74 Å². The number of benzene rings is 1. The summed E-state index contributed by atoms with van der Waals surface area (Å²) >= 11 is 5.12. The Labute approximate surface area is 115 Å². The van der Waals surface area contributed by atoms with Gasteiger partial charge in [-0.15, -0.1) is 0 Å². The van der Waals surface area contributed by atoms with E-state index in [0.717, 1.165) is 34.5 Å². The minimum Gasteiger partial charge on any atom is -0.492 e. The third kappa shape index (κ3) is 3.49. The number of fused-ring (bicyclic) bond motifs is 1. The van der Waals surface area contributed by atoms with Crippen LogP contribution < -0.4 is 4.74 Å². The molecule has 0 unspecified atom stereocenters. The lowest BCUT2D eigenvalue weighted by atomic mass is 10.0. The van der Waals surface area contributed by atoms with Crippen LogP contribution in [0.5, 0.6) is 5.75 Å². The first-order chi connectivity index (χ1) is 7.96. The van der Waals surface area contributed by atoms with E-state index in [-0.39, 0.29) is 4.75 Å². The van der Waals surface area contributed by atoms with Crippen LogP contribution >= 0.6 is 27.9 Å². The minimum atomic E-state index is 0.150. The Bertz CT molecular complexity index is 451. The molecule has 0 fully saturated rings. The van der Waals surface area contributed by atoms with Crippen molar-refractivity contribution in [2.45, 2.75) is 31.9 Å². The van der Waals surface area contributed by atoms with Crippen LogP contribution in [0.2, 0.25) is 0 Å². The monoisotopic (exact) mass is 313 g/mol. The SMILES string of the molecule is CC(C)(C)S/N=C1\CCOc2ccc(Br)cc21. The van der Waals surface area contributed by atoms with Gasteiger partial charge >= 0.3 is 0 Å². The van der Waals surface area contributed by atoms with Crippen molar-refractivity contribution in [1.29, 1.82) is 0 Å². The van der Waals surface area contributed by atoms with Gasteiger partial charge in [-0.05, 0) is 50.9 Å². The molecule has 0 aromatic heterocycles. The highest BCUT2D eigenvalue weighted by Gasteiger charge is 2.18. The number of halogens is 1. The van der Waals surface area contributed by atoms with Gasteiger partial charge in [-0.3, -0.25) is 0 Å². The first-order valence-electron chi connectivity index (χ1n) is 5.63. The summed E-state index contributed by atoms with van der Waals surface area (Å²) in [5, 5.41) is 0. The molecule has 92 valence electrons. The fourth-order valence-corrected chi connectivity index (χ4v) is 2.47. The Morgan fingerprint density at radius 3 is 2.82 bits per heavy atom. The van der Waals surface area contributed by atoms with Crippen molar-refractivity contribution in [2.24, 2.45) is 4.40 Å². The molecule has 0 atom stereocenters. The van der Waals surface area contributed by atoms with Gasteiger partial charge in [0.25, 0.3) is 0 Å². The van der Waals surface area contributed by atoms with Crippen LogP contribution in [0.1, 0.15) is 32.8 Å². The van der Waals surface area contributed by atoms with Gasteiger partial charge in [0.05, 0.1) is 12.3 Å². The van der Waals surface area contributed by atoms with Crippen LogP contribution in [0.3, 0.4) is 0 Å². The number of hydrogen-bond donors (Lipinski definition) is 0.